The molecule has 0 aliphatic heterocycles. The first-order chi connectivity index (χ1) is 8.33. The highest BCUT2D eigenvalue weighted by atomic mass is 32.1. The van der Waals surface area contributed by atoms with Crippen LogP contribution in [-0.4, -0.2) is 19.7 Å². The number of fused-ring (bicyclic) bond motifs is 1. The molecule has 0 unspecified atom stereocenters. The maximum atomic E-state index is 4.33. The average Bonchev–Trinajstić information content (AvgIpc) is 2.94. The molecule has 17 heavy (non-hydrogen) atoms. The molecule has 3 aromatic heterocycles. The van der Waals surface area contributed by atoms with Crippen molar-refractivity contribution in [2.75, 3.05) is 5.32 Å². The van der Waals surface area contributed by atoms with Crippen LogP contribution in [0.25, 0.3) is 10.1 Å². The second-order valence-electron chi connectivity index (χ2n) is 3.68. The number of nitrogens with one attached hydrogen (secondary N) is 1. The summed E-state index contributed by atoms with van der Waals surface area (Å²) < 4.78 is 2.92. The molecule has 0 spiro atoms. The molecule has 5 nitrogen and oxygen atoms in total. The van der Waals surface area contributed by atoms with Crippen molar-refractivity contribution in [1.82, 2.24) is 19.7 Å². The Bertz CT molecular complexity index is 642. The molecule has 0 aromatic carbocycles. The summed E-state index contributed by atoms with van der Waals surface area (Å²) in [5.41, 5.74) is 0. The second-order valence-corrected chi connectivity index (χ2v) is 4.63. The molecule has 0 saturated heterocycles. The van der Waals surface area contributed by atoms with Gasteiger partial charge in [0.25, 0.3) is 0 Å². The van der Waals surface area contributed by atoms with Gasteiger partial charge in [0.05, 0.1) is 6.54 Å². The van der Waals surface area contributed by atoms with E-state index in [9.17, 15) is 0 Å². The lowest BCUT2D eigenvalue weighted by atomic mass is 10.3. The zero-order valence-electron chi connectivity index (χ0n) is 9.29. The molecule has 0 bridgehead atoms. The Balaban J connectivity index is 1.83. The maximum Gasteiger partial charge on any atom is 0.169 e. The van der Waals surface area contributed by atoms with Crippen LogP contribution in [0.15, 0.2) is 30.0 Å². The summed E-state index contributed by atoms with van der Waals surface area (Å²) in [6.45, 7) is 0.586. The van der Waals surface area contributed by atoms with Gasteiger partial charge < -0.3 is 5.32 Å². The predicted octanol–water partition coefficient (Wildman–Crippen LogP) is 2.04. The van der Waals surface area contributed by atoms with Crippen molar-refractivity contribution in [2.45, 2.75) is 6.54 Å². The van der Waals surface area contributed by atoms with Gasteiger partial charge in [0.2, 0.25) is 0 Å². The molecule has 0 fully saturated rings. The third kappa shape index (κ3) is 1.99. The summed E-state index contributed by atoms with van der Waals surface area (Å²) in [5, 5.41) is 10.7. The first-order valence-electron chi connectivity index (χ1n) is 5.23. The summed E-state index contributed by atoms with van der Waals surface area (Å²) in [6.07, 6.45) is 3.50. The van der Waals surface area contributed by atoms with Crippen LogP contribution in [0.3, 0.4) is 0 Å². The molecular formula is C11H11N5S. The second kappa shape index (κ2) is 4.14. The summed E-state index contributed by atoms with van der Waals surface area (Å²) in [4.78, 5) is 8.50. The highest BCUT2D eigenvalue weighted by Crippen LogP contribution is 2.25. The highest BCUT2D eigenvalue weighted by Gasteiger charge is 2.04. The summed E-state index contributed by atoms with van der Waals surface area (Å²) in [7, 11) is 1.86. The fourth-order valence-corrected chi connectivity index (χ4v) is 2.45. The van der Waals surface area contributed by atoms with Gasteiger partial charge in [0.15, 0.2) is 5.82 Å². The third-order valence-corrected chi connectivity index (χ3v) is 3.32. The standard InChI is InChI=1S/C11H11N5S/c1-16-7-14-10(15-16)6-13-11-8-3-5-17-9(8)2-4-12-11/h2-5,7H,6H2,1H3,(H,12,13). The van der Waals surface area contributed by atoms with E-state index in [1.165, 1.54) is 4.70 Å². The first kappa shape index (κ1) is 10.2. The Morgan fingerprint density at radius 3 is 3.12 bits per heavy atom. The minimum absolute atomic E-state index is 0.586. The Labute approximate surface area is 102 Å². The average molecular weight is 245 g/mol. The quantitative estimate of drug-likeness (QED) is 0.767. The predicted molar refractivity (Wildman–Crippen MR) is 67.9 cm³/mol. The SMILES string of the molecule is Cn1cnc(CNc2nccc3sccc23)n1. The number of nitrogens with zero attached hydrogens (tertiary/aromatic N) is 4. The van der Waals surface area contributed by atoms with Crippen molar-refractivity contribution in [1.29, 1.82) is 0 Å². The van der Waals surface area contributed by atoms with E-state index in [0.29, 0.717) is 6.54 Å². The van der Waals surface area contributed by atoms with Crippen LogP contribution in [0.2, 0.25) is 0 Å². The van der Waals surface area contributed by atoms with Gasteiger partial charge in [0, 0.05) is 23.3 Å². The topological polar surface area (TPSA) is 55.6 Å². The number of pyridine rings is 1. The van der Waals surface area contributed by atoms with Gasteiger partial charge in [-0.3, -0.25) is 4.68 Å². The minimum Gasteiger partial charge on any atom is -0.362 e. The van der Waals surface area contributed by atoms with Crippen LogP contribution in [0.1, 0.15) is 5.82 Å². The van der Waals surface area contributed by atoms with Crippen molar-refractivity contribution in [3.05, 3.63) is 35.9 Å². The molecule has 0 aliphatic carbocycles. The van der Waals surface area contributed by atoms with E-state index in [2.05, 4.69) is 31.8 Å². The van der Waals surface area contributed by atoms with Crippen molar-refractivity contribution < 1.29 is 0 Å². The molecule has 3 heterocycles. The van der Waals surface area contributed by atoms with Crippen molar-refractivity contribution in [2.24, 2.45) is 7.05 Å². The van der Waals surface area contributed by atoms with E-state index < -0.39 is 0 Å². The Morgan fingerprint density at radius 2 is 2.29 bits per heavy atom. The lowest BCUT2D eigenvalue weighted by Crippen LogP contribution is -2.03. The van der Waals surface area contributed by atoms with Gasteiger partial charge in [-0.25, -0.2) is 9.97 Å². The van der Waals surface area contributed by atoms with E-state index in [1.54, 1.807) is 22.3 Å². The summed E-state index contributed by atoms with van der Waals surface area (Å²) in [6, 6.07) is 4.09. The molecule has 86 valence electrons. The fourth-order valence-electron chi connectivity index (χ4n) is 1.66. The van der Waals surface area contributed by atoms with E-state index >= 15 is 0 Å². The number of thiophene rings is 1. The number of aromatic nitrogens is 4. The molecule has 3 aromatic rings. The molecule has 1 N–H and O–H groups in total. The number of hydrogen-bond donors (Lipinski definition) is 1. The van der Waals surface area contributed by atoms with Gasteiger partial charge in [-0.05, 0) is 17.5 Å². The van der Waals surface area contributed by atoms with Crippen LogP contribution >= 0.6 is 11.3 Å². The third-order valence-electron chi connectivity index (χ3n) is 2.44. The van der Waals surface area contributed by atoms with Crippen LogP contribution in [0.4, 0.5) is 5.82 Å². The smallest absolute Gasteiger partial charge is 0.169 e. The van der Waals surface area contributed by atoms with E-state index in [1.807, 2.05) is 19.3 Å². The van der Waals surface area contributed by atoms with Gasteiger partial charge in [-0.2, -0.15) is 5.10 Å². The van der Waals surface area contributed by atoms with Crippen LogP contribution in [0.5, 0.6) is 0 Å². The highest BCUT2D eigenvalue weighted by molar-refractivity contribution is 7.17. The Morgan fingerprint density at radius 1 is 1.35 bits per heavy atom. The molecule has 0 atom stereocenters. The summed E-state index contributed by atoms with van der Waals surface area (Å²) in [5.74, 6) is 1.65. The van der Waals surface area contributed by atoms with Crippen molar-refractivity contribution in [3.63, 3.8) is 0 Å². The minimum atomic E-state index is 0.586. The van der Waals surface area contributed by atoms with Crippen molar-refractivity contribution >= 4 is 27.2 Å². The zero-order chi connectivity index (χ0) is 11.7. The largest absolute Gasteiger partial charge is 0.362 e. The molecule has 0 amide bonds. The molecule has 0 aliphatic rings. The Kier molecular flexibility index (Phi) is 2.49. The normalized spacial score (nSPS) is 10.9. The van der Waals surface area contributed by atoms with Gasteiger partial charge in [0.1, 0.15) is 12.1 Å². The number of hydrogen-bond acceptors (Lipinski definition) is 5. The van der Waals surface area contributed by atoms with E-state index in [4.69, 9.17) is 0 Å². The van der Waals surface area contributed by atoms with Crippen molar-refractivity contribution in [3.8, 4) is 0 Å². The Hall–Kier alpha value is -1.95. The van der Waals surface area contributed by atoms with Crippen LogP contribution in [-0.2, 0) is 13.6 Å². The van der Waals surface area contributed by atoms with Gasteiger partial charge in [-0.1, -0.05) is 0 Å². The molecule has 3 rings (SSSR count). The number of anilines is 1. The lowest BCUT2D eigenvalue weighted by Gasteiger charge is -2.03. The first-order valence-corrected chi connectivity index (χ1v) is 6.11. The van der Waals surface area contributed by atoms with Crippen LogP contribution in [0, 0.1) is 0 Å². The fraction of sp³-hybridized carbons (Fsp3) is 0.182. The van der Waals surface area contributed by atoms with Crippen LogP contribution < -0.4 is 5.32 Å². The van der Waals surface area contributed by atoms with E-state index in [-0.39, 0.29) is 0 Å². The molecular weight excluding hydrogens is 234 g/mol. The molecule has 6 heteroatoms. The molecule has 0 radical (unpaired) electrons. The number of rotatable bonds is 3. The number of aryl methyl sites for hydroxylation is 1. The van der Waals surface area contributed by atoms with Gasteiger partial charge in [-0.15, -0.1) is 11.3 Å². The van der Waals surface area contributed by atoms with E-state index in [0.717, 1.165) is 17.0 Å². The lowest BCUT2D eigenvalue weighted by molar-refractivity contribution is 0.747. The monoisotopic (exact) mass is 245 g/mol. The molecule has 0 saturated carbocycles. The summed E-state index contributed by atoms with van der Waals surface area (Å²) >= 11 is 1.71. The maximum absolute atomic E-state index is 4.33. The zero-order valence-corrected chi connectivity index (χ0v) is 10.1. The van der Waals surface area contributed by atoms with Gasteiger partial charge >= 0.3 is 0 Å².